The molecule has 1 fully saturated rings. The number of anilines is 2. The number of benzene rings is 1. The minimum absolute atomic E-state index is 0.0121. The van der Waals surface area contributed by atoms with Gasteiger partial charge in [-0.3, -0.25) is 9.69 Å². The Morgan fingerprint density at radius 2 is 2.24 bits per heavy atom. The van der Waals surface area contributed by atoms with Gasteiger partial charge in [0.2, 0.25) is 5.91 Å². The number of nitrogens with two attached hydrogens (primary N) is 1. The van der Waals surface area contributed by atoms with Gasteiger partial charge in [0.25, 0.3) is 0 Å². The molecule has 0 aliphatic heterocycles. The highest BCUT2D eigenvalue weighted by Crippen LogP contribution is 2.28. The number of nitrogens with one attached hydrogen (secondary N) is 1. The Balaban J connectivity index is 1.95. The molecular formula is C16H25N3O2. The van der Waals surface area contributed by atoms with Crippen LogP contribution in [0.2, 0.25) is 0 Å². The quantitative estimate of drug-likeness (QED) is 0.722. The molecule has 0 radical (unpaired) electrons. The molecule has 1 aliphatic rings. The average Bonchev–Trinajstić information content (AvgIpc) is 3.28. The molecule has 0 bridgehead atoms. The maximum absolute atomic E-state index is 12.2. The van der Waals surface area contributed by atoms with Crippen LogP contribution in [0.25, 0.3) is 0 Å². The van der Waals surface area contributed by atoms with Gasteiger partial charge in [0.05, 0.1) is 19.3 Å². The van der Waals surface area contributed by atoms with E-state index in [2.05, 4.69) is 17.1 Å². The van der Waals surface area contributed by atoms with Crippen molar-refractivity contribution in [1.82, 2.24) is 4.90 Å². The molecule has 5 nitrogen and oxygen atoms in total. The van der Waals surface area contributed by atoms with Gasteiger partial charge in [-0.25, -0.2) is 0 Å². The van der Waals surface area contributed by atoms with Crippen LogP contribution in [0.3, 0.4) is 0 Å². The van der Waals surface area contributed by atoms with Crippen molar-refractivity contribution in [3.8, 4) is 5.75 Å². The van der Waals surface area contributed by atoms with Crippen molar-refractivity contribution in [3.05, 3.63) is 18.2 Å². The molecule has 1 saturated carbocycles. The first-order valence-electron chi connectivity index (χ1n) is 7.61. The molecule has 0 saturated heterocycles. The minimum Gasteiger partial charge on any atom is -0.495 e. The van der Waals surface area contributed by atoms with Crippen molar-refractivity contribution in [3.63, 3.8) is 0 Å². The van der Waals surface area contributed by atoms with Gasteiger partial charge in [-0.15, -0.1) is 0 Å². The Morgan fingerprint density at radius 1 is 1.48 bits per heavy atom. The molecule has 3 N–H and O–H groups in total. The van der Waals surface area contributed by atoms with Crippen LogP contribution >= 0.6 is 0 Å². The van der Waals surface area contributed by atoms with Crippen LogP contribution in [-0.4, -0.2) is 37.0 Å². The van der Waals surface area contributed by atoms with Crippen LogP contribution in [0.15, 0.2) is 18.2 Å². The Kier molecular flexibility index (Phi) is 5.44. The van der Waals surface area contributed by atoms with E-state index in [1.165, 1.54) is 12.8 Å². The second kappa shape index (κ2) is 7.31. The van der Waals surface area contributed by atoms with Gasteiger partial charge in [-0.1, -0.05) is 13.3 Å². The number of unbranched alkanes of at least 4 members (excludes halogenated alkanes) is 1. The number of nitrogens with zero attached hydrogens (tertiary/aromatic N) is 1. The number of hydrogen-bond donors (Lipinski definition) is 2. The number of rotatable bonds is 8. The van der Waals surface area contributed by atoms with E-state index >= 15 is 0 Å². The van der Waals surface area contributed by atoms with Crippen molar-refractivity contribution in [2.45, 2.75) is 38.6 Å². The van der Waals surface area contributed by atoms with Gasteiger partial charge in [0.15, 0.2) is 0 Å². The lowest BCUT2D eigenvalue weighted by atomic mass is 10.2. The number of carbonyl (C=O) groups excluding carboxylic acids is 1. The van der Waals surface area contributed by atoms with Gasteiger partial charge in [0, 0.05) is 11.7 Å². The first-order chi connectivity index (χ1) is 10.1. The van der Waals surface area contributed by atoms with Crippen molar-refractivity contribution in [1.29, 1.82) is 0 Å². The van der Waals surface area contributed by atoms with Crippen molar-refractivity contribution in [2.24, 2.45) is 0 Å². The first-order valence-corrected chi connectivity index (χ1v) is 7.61. The zero-order valence-electron chi connectivity index (χ0n) is 12.9. The maximum atomic E-state index is 12.2. The van der Waals surface area contributed by atoms with E-state index in [0.717, 1.165) is 19.4 Å². The Labute approximate surface area is 126 Å². The second-order valence-electron chi connectivity index (χ2n) is 5.56. The van der Waals surface area contributed by atoms with Crippen LogP contribution in [0.4, 0.5) is 11.4 Å². The summed E-state index contributed by atoms with van der Waals surface area (Å²) in [6, 6.07) is 5.84. The Morgan fingerprint density at radius 3 is 2.86 bits per heavy atom. The number of methoxy groups -OCH3 is 1. The van der Waals surface area contributed by atoms with E-state index in [-0.39, 0.29) is 5.91 Å². The molecule has 2 rings (SSSR count). The highest BCUT2D eigenvalue weighted by molar-refractivity contribution is 5.94. The predicted octanol–water partition coefficient (Wildman–Crippen LogP) is 2.48. The predicted molar refractivity (Wildman–Crippen MR) is 85.5 cm³/mol. The van der Waals surface area contributed by atoms with Crippen LogP contribution in [0, 0.1) is 0 Å². The molecule has 5 heteroatoms. The molecule has 0 spiro atoms. The summed E-state index contributed by atoms with van der Waals surface area (Å²) in [5, 5.41) is 2.91. The summed E-state index contributed by atoms with van der Waals surface area (Å²) in [6.07, 6.45) is 4.69. The van der Waals surface area contributed by atoms with Crippen molar-refractivity contribution >= 4 is 17.3 Å². The average molecular weight is 291 g/mol. The Hall–Kier alpha value is -1.75. The maximum Gasteiger partial charge on any atom is 0.238 e. The summed E-state index contributed by atoms with van der Waals surface area (Å²) < 4.78 is 5.25. The third-order valence-electron chi connectivity index (χ3n) is 3.71. The van der Waals surface area contributed by atoms with Gasteiger partial charge >= 0.3 is 0 Å². The molecule has 116 valence electrons. The van der Waals surface area contributed by atoms with Crippen molar-refractivity contribution in [2.75, 3.05) is 31.2 Å². The lowest BCUT2D eigenvalue weighted by Crippen LogP contribution is -2.35. The third-order valence-corrected chi connectivity index (χ3v) is 3.71. The highest BCUT2D eigenvalue weighted by atomic mass is 16.5. The lowest BCUT2D eigenvalue weighted by Gasteiger charge is -2.21. The monoisotopic (exact) mass is 291 g/mol. The first kappa shape index (κ1) is 15.6. The molecule has 1 amide bonds. The van der Waals surface area contributed by atoms with E-state index in [9.17, 15) is 4.79 Å². The zero-order valence-corrected chi connectivity index (χ0v) is 12.9. The summed E-state index contributed by atoms with van der Waals surface area (Å²) in [5.41, 5.74) is 7.01. The van der Waals surface area contributed by atoms with E-state index in [4.69, 9.17) is 10.5 Å². The van der Waals surface area contributed by atoms with Crippen LogP contribution in [-0.2, 0) is 4.79 Å². The number of hydrogen-bond acceptors (Lipinski definition) is 4. The summed E-state index contributed by atoms with van der Waals surface area (Å²) in [7, 11) is 1.58. The van der Waals surface area contributed by atoms with Gasteiger partial charge < -0.3 is 15.8 Å². The number of ether oxygens (including phenoxy) is 1. The molecule has 0 atom stereocenters. The smallest absolute Gasteiger partial charge is 0.238 e. The van der Waals surface area contributed by atoms with Gasteiger partial charge in [-0.05, 0) is 44.0 Å². The fraction of sp³-hybridized carbons (Fsp3) is 0.562. The fourth-order valence-electron chi connectivity index (χ4n) is 2.39. The largest absolute Gasteiger partial charge is 0.495 e. The summed E-state index contributed by atoms with van der Waals surface area (Å²) in [5.74, 6) is 0.617. The SMILES string of the molecule is CCCCN(CC(=O)Nc1cc(N)ccc1OC)C1CC1. The Bertz CT molecular complexity index is 486. The molecular weight excluding hydrogens is 266 g/mol. The molecule has 1 aliphatic carbocycles. The minimum atomic E-state index is -0.0121. The van der Waals surface area contributed by atoms with Crippen LogP contribution in [0.1, 0.15) is 32.6 Å². The molecule has 0 aromatic heterocycles. The number of nitrogen functional groups attached to an aromatic ring is 1. The highest BCUT2D eigenvalue weighted by Gasteiger charge is 2.29. The second-order valence-corrected chi connectivity index (χ2v) is 5.56. The van der Waals surface area contributed by atoms with E-state index in [1.807, 2.05) is 0 Å². The van der Waals surface area contributed by atoms with Crippen LogP contribution < -0.4 is 15.8 Å². The topological polar surface area (TPSA) is 67.6 Å². The number of carbonyl (C=O) groups is 1. The third kappa shape index (κ3) is 4.63. The van der Waals surface area contributed by atoms with Crippen LogP contribution in [0.5, 0.6) is 5.75 Å². The lowest BCUT2D eigenvalue weighted by molar-refractivity contribution is -0.117. The van der Waals surface area contributed by atoms with E-state index in [0.29, 0.717) is 29.7 Å². The van der Waals surface area contributed by atoms with Crippen molar-refractivity contribution < 1.29 is 9.53 Å². The van der Waals surface area contributed by atoms with Gasteiger partial charge in [0.1, 0.15) is 5.75 Å². The normalized spacial score (nSPS) is 14.2. The van der Waals surface area contributed by atoms with E-state index in [1.54, 1.807) is 25.3 Å². The number of amides is 1. The summed E-state index contributed by atoms with van der Waals surface area (Å²) in [6.45, 7) is 3.59. The summed E-state index contributed by atoms with van der Waals surface area (Å²) >= 11 is 0. The molecule has 1 aromatic rings. The van der Waals surface area contributed by atoms with Gasteiger partial charge in [-0.2, -0.15) is 0 Å². The molecule has 1 aromatic carbocycles. The van der Waals surface area contributed by atoms with E-state index < -0.39 is 0 Å². The molecule has 0 unspecified atom stereocenters. The zero-order chi connectivity index (χ0) is 15.2. The standard InChI is InChI=1S/C16H25N3O2/c1-3-4-9-19(13-6-7-13)11-16(20)18-14-10-12(17)5-8-15(14)21-2/h5,8,10,13H,3-4,6-7,9,11,17H2,1-2H3,(H,18,20). The molecule has 21 heavy (non-hydrogen) atoms. The molecule has 0 heterocycles. The fourth-order valence-corrected chi connectivity index (χ4v) is 2.39. The summed E-state index contributed by atoms with van der Waals surface area (Å²) in [4.78, 5) is 14.5.